The monoisotopic (exact) mass is 917 g/mol. The van der Waals surface area contributed by atoms with Crippen LogP contribution in [0, 0.1) is 34.0 Å². The molecule has 11 N–H and O–H groups in total. The maximum absolute atomic E-state index is 14.3. The zero-order chi connectivity index (χ0) is 46.8. The molecule has 7 fully saturated rings. The van der Waals surface area contributed by atoms with Crippen molar-refractivity contribution in [3.05, 3.63) is 12.2 Å². The van der Waals surface area contributed by atoms with Crippen LogP contribution < -0.4 is 5.32 Å². The predicted molar refractivity (Wildman–Crippen MR) is 218 cm³/mol. The number of aliphatic hydroxyl groups is 10. The highest BCUT2D eigenvalue weighted by Gasteiger charge is 2.69. The average molecular weight is 918 g/mol. The first kappa shape index (κ1) is 49.9. The van der Waals surface area contributed by atoms with Gasteiger partial charge in [-0.05, 0) is 85.5 Å². The number of fused-ring (bicyclic) bond motifs is 3. The molecule has 7 aliphatic rings. The molecule has 7 rings (SSSR count). The van der Waals surface area contributed by atoms with Crippen molar-refractivity contribution < 1.29 is 93.8 Å². The van der Waals surface area contributed by atoms with Crippen molar-refractivity contribution in [2.75, 3.05) is 26.9 Å². The van der Waals surface area contributed by atoms with Gasteiger partial charge in [0.15, 0.2) is 18.9 Å². The number of rotatable bonds is 13. The summed E-state index contributed by atoms with van der Waals surface area (Å²) in [6.07, 6.45) is -19.6. The van der Waals surface area contributed by atoms with Crippen LogP contribution >= 0.6 is 0 Å². The minimum atomic E-state index is -1.93. The predicted octanol–water partition coefficient (Wildman–Crippen LogP) is -2.14. The zero-order valence-corrected chi connectivity index (χ0v) is 37.3. The van der Waals surface area contributed by atoms with Gasteiger partial charge in [0.25, 0.3) is 0 Å². The number of aliphatic hydroxyl groups excluding tert-OH is 10. The zero-order valence-electron chi connectivity index (χ0n) is 37.3. The molecule has 2 bridgehead atoms. The molecule has 0 aromatic carbocycles. The van der Waals surface area contributed by atoms with Gasteiger partial charge in [-0.1, -0.05) is 40.7 Å². The van der Waals surface area contributed by atoms with Crippen molar-refractivity contribution >= 4 is 11.9 Å². The number of nitrogens with one attached hydrogen (secondary N) is 1. The largest absolute Gasteiger partial charge is 0.467 e. The number of hydrogen-bond acceptors (Lipinski definition) is 19. The van der Waals surface area contributed by atoms with E-state index >= 15 is 0 Å². The molecule has 22 atom stereocenters. The fourth-order valence-electron chi connectivity index (χ4n) is 13.0. The van der Waals surface area contributed by atoms with Crippen LogP contribution in [0.3, 0.4) is 0 Å². The summed E-state index contributed by atoms with van der Waals surface area (Å²) in [4.78, 5) is 27.0. The summed E-state index contributed by atoms with van der Waals surface area (Å²) in [6.45, 7) is 10.2. The summed E-state index contributed by atoms with van der Waals surface area (Å²) >= 11 is 0. The summed E-state index contributed by atoms with van der Waals surface area (Å²) < 4.78 is 42.0. The van der Waals surface area contributed by atoms with Gasteiger partial charge in [0.2, 0.25) is 5.91 Å². The quantitative estimate of drug-likeness (QED) is 0.0534. The highest BCUT2D eigenvalue weighted by Crippen LogP contribution is 2.73. The number of amides is 1. The second-order valence-electron chi connectivity index (χ2n) is 20.4. The lowest BCUT2D eigenvalue weighted by atomic mass is 9.40. The molecule has 1 amide bonds. The Kier molecular flexibility index (Phi) is 14.7. The topological polar surface area (TPSA) is 313 Å². The highest BCUT2D eigenvalue weighted by atomic mass is 16.8. The Morgan fingerprint density at radius 2 is 1.25 bits per heavy atom. The molecule has 4 aliphatic carbocycles. The Balaban J connectivity index is 1.18. The molecule has 64 heavy (non-hydrogen) atoms. The van der Waals surface area contributed by atoms with E-state index in [-0.39, 0.29) is 34.5 Å². The lowest BCUT2D eigenvalue weighted by molar-refractivity contribution is -0.400. The Bertz CT molecular complexity index is 1690. The first-order chi connectivity index (χ1) is 30.1. The third-order valence-electron chi connectivity index (χ3n) is 16.5. The standard InChI is InChI=1S/C44H71NO19/c1-19(2)26(36(56)58-6)45-40(57)42(5)11-7-10-41(4)24(42)8-12-43-14-20(3)44(18-43,13-9-25(41)43)64-39-35(63-38-33(55)31(53)28(50)22(16-47)60-38)34(29(51)23(17-48)61-39)62-37-32(54)30(52)27(49)21(15-46)59-37/h19,21-35,37-39,46-55H,3,7-18H2,1-2,4-6H3,(H,45,57)/t21-,22-,23-,24+,25+,26-,27-,28-,29-,30+,31+,32-,33-,34+,35-,37+,38+,39+,41-,42-,43-,44+/m1/s1. The molecule has 3 saturated heterocycles. The van der Waals surface area contributed by atoms with E-state index in [1.807, 2.05) is 20.8 Å². The molecule has 0 aromatic rings. The van der Waals surface area contributed by atoms with E-state index < -0.39 is 135 Å². The smallest absolute Gasteiger partial charge is 0.328 e. The molecule has 0 aromatic heterocycles. The molecule has 20 nitrogen and oxygen atoms in total. The molecule has 0 unspecified atom stereocenters. The van der Waals surface area contributed by atoms with E-state index in [0.29, 0.717) is 32.1 Å². The van der Waals surface area contributed by atoms with Crippen molar-refractivity contribution in [3.63, 3.8) is 0 Å². The fraction of sp³-hybridized carbons (Fsp3) is 0.909. The third-order valence-corrected chi connectivity index (χ3v) is 16.5. The van der Waals surface area contributed by atoms with Crippen LogP contribution in [0.2, 0.25) is 0 Å². The van der Waals surface area contributed by atoms with Gasteiger partial charge in [-0.2, -0.15) is 0 Å². The molecule has 4 saturated carbocycles. The minimum Gasteiger partial charge on any atom is -0.467 e. The molecule has 3 heterocycles. The molecule has 1 spiro atoms. The van der Waals surface area contributed by atoms with Gasteiger partial charge in [-0.25, -0.2) is 4.79 Å². The first-order valence-electron chi connectivity index (χ1n) is 22.8. The van der Waals surface area contributed by atoms with Crippen molar-refractivity contribution in [3.8, 4) is 0 Å². The van der Waals surface area contributed by atoms with Crippen LogP contribution in [0.15, 0.2) is 12.2 Å². The summed E-state index contributed by atoms with van der Waals surface area (Å²) in [5.74, 6) is -0.681. The summed E-state index contributed by atoms with van der Waals surface area (Å²) in [7, 11) is 1.31. The van der Waals surface area contributed by atoms with Crippen molar-refractivity contribution in [2.24, 2.45) is 34.0 Å². The van der Waals surface area contributed by atoms with Crippen LogP contribution in [-0.4, -0.2) is 194 Å². The van der Waals surface area contributed by atoms with Crippen LogP contribution in [0.5, 0.6) is 0 Å². The van der Waals surface area contributed by atoms with Gasteiger partial charge in [-0.3, -0.25) is 4.79 Å². The van der Waals surface area contributed by atoms with E-state index in [1.54, 1.807) is 0 Å². The molecule has 366 valence electrons. The second kappa shape index (κ2) is 18.9. The lowest BCUT2D eigenvalue weighted by Gasteiger charge is -2.64. The fourth-order valence-corrected chi connectivity index (χ4v) is 13.0. The summed E-state index contributed by atoms with van der Waals surface area (Å²) in [6, 6.07) is -0.785. The number of carbonyl (C=O) groups excluding carboxylic acids is 2. The molecular weight excluding hydrogens is 846 g/mol. The second-order valence-corrected chi connectivity index (χ2v) is 20.4. The van der Waals surface area contributed by atoms with Crippen molar-refractivity contribution in [2.45, 2.75) is 189 Å². The molecule has 0 radical (unpaired) electrons. The number of ether oxygens (including phenoxy) is 7. The van der Waals surface area contributed by atoms with E-state index in [9.17, 15) is 60.7 Å². The Hall–Kier alpha value is -1.96. The molecule has 20 heteroatoms. The van der Waals surface area contributed by atoms with Crippen LogP contribution in [0.4, 0.5) is 0 Å². The average Bonchev–Trinajstić information content (AvgIpc) is 3.46. The normalized spacial score (nSPS) is 49.8. The Morgan fingerprint density at radius 3 is 1.80 bits per heavy atom. The lowest BCUT2D eigenvalue weighted by Crippen LogP contribution is -2.68. The van der Waals surface area contributed by atoms with Gasteiger partial charge in [0, 0.05) is 5.41 Å². The van der Waals surface area contributed by atoms with E-state index in [0.717, 1.165) is 31.3 Å². The SMILES string of the molecule is C=C1C[C@@]23CC[C@H]4[C@@](C)(CCC[C@@]4(C)C(=O)N[C@@H](C(=O)OC)C(C)C)[C@@H]2CC[C@]1(O[C@@H]1O[C@H](CO)[C@@H](O)[C@H](O[C@@H]2O[C@H](CO)[C@@H](O)[C@H](O)[C@H]2O)[C@H]1O[C@@H]1O[C@H](CO)[C@@H](O)[C@H](O)[C@H]1O)C3. The first-order valence-corrected chi connectivity index (χ1v) is 22.8. The third kappa shape index (κ3) is 8.38. The van der Waals surface area contributed by atoms with Crippen molar-refractivity contribution in [1.29, 1.82) is 0 Å². The minimum absolute atomic E-state index is 0.00207. The maximum atomic E-state index is 14.3. The van der Waals surface area contributed by atoms with Gasteiger partial charge >= 0.3 is 5.97 Å². The summed E-state index contributed by atoms with van der Waals surface area (Å²) in [5.41, 5.74) is -1.65. The van der Waals surface area contributed by atoms with E-state index in [2.05, 4.69) is 18.8 Å². The summed E-state index contributed by atoms with van der Waals surface area (Å²) in [5, 5.41) is 109. The van der Waals surface area contributed by atoms with Crippen molar-refractivity contribution in [1.82, 2.24) is 5.32 Å². The van der Waals surface area contributed by atoms with Gasteiger partial charge in [-0.15, -0.1) is 0 Å². The Morgan fingerprint density at radius 1 is 0.719 bits per heavy atom. The number of methoxy groups -OCH3 is 1. The van der Waals surface area contributed by atoms with Crippen LogP contribution in [0.25, 0.3) is 0 Å². The Labute approximate surface area is 372 Å². The van der Waals surface area contributed by atoms with Gasteiger partial charge in [0.1, 0.15) is 79.3 Å². The van der Waals surface area contributed by atoms with Gasteiger partial charge in [0.05, 0.1) is 32.5 Å². The highest BCUT2D eigenvalue weighted by molar-refractivity contribution is 5.88. The van der Waals surface area contributed by atoms with Crippen LogP contribution in [-0.2, 0) is 42.7 Å². The van der Waals surface area contributed by atoms with E-state index in [1.165, 1.54) is 7.11 Å². The van der Waals surface area contributed by atoms with Gasteiger partial charge < -0.3 is 89.5 Å². The maximum Gasteiger partial charge on any atom is 0.328 e. The number of esters is 1. The number of hydrogen-bond donors (Lipinski definition) is 11. The van der Waals surface area contributed by atoms with E-state index in [4.69, 9.17) is 33.2 Å². The molecular formula is C44H71NO19. The van der Waals surface area contributed by atoms with Crippen LogP contribution in [0.1, 0.15) is 85.5 Å². The molecule has 3 aliphatic heterocycles. The number of carbonyl (C=O) groups is 2.